The molecular weight excluding hydrogens is 382 g/mol. The van der Waals surface area contributed by atoms with E-state index in [1.165, 1.54) is 10.8 Å². The van der Waals surface area contributed by atoms with Crippen molar-refractivity contribution in [1.29, 1.82) is 0 Å². The molecule has 0 unspecified atom stereocenters. The summed E-state index contributed by atoms with van der Waals surface area (Å²) in [4.78, 5) is -0.512. The number of halogens is 6. The van der Waals surface area contributed by atoms with Crippen LogP contribution in [0, 0.1) is 0 Å². The van der Waals surface area contributed by atoms with E-state index < -0.39 is 27.6 Å². The lowest BCUT2D eigenvalue weighted by Gasteiger charge is -2.11. The van der Waals surface area contributed by atoms with Crippen LogP contribution in [0.5, 0.6) is 0 Å². The van der Waals surface area contributed by atoms with E-state index in [1.807, 2.05) is 0 Å². The maximum atomic E-state index is 12.0. The second-order valence-electron chi connectivity index (χ2n) is 3.11. The summed E-state index contributed by atoms with van der Waals surface area (Å²) in [7, 11) is -4.37. The lowest BCUT2D eigenvalue weighted by molar-refractivity contribution is -0.121. The Labute approximate surface area is 119 Å². The van der Waals surface area contributed by atoms with E-state index in [1.54, 1.807) is 0 Å². The van der Waals surface area contributed by atoms with Gasteiger partial charge in [-0.15, -0.1) is 0 Å². The van der Waals surface area contributed by atoms with Crippen LogP contribution < -0.4 is 4.72 Å². The number of hydrogen-bond donors (Lipinski definition) is 1. The van der Waals surface area contributed by atoms with Crippen LogP contribution in [0.1, 0.15) is 0 Å². The molecular formula is C8H5BrCl2F3NO2S. The molecule has 0 atom stereocenters. The lowest BCUT2D eigenvalue weighted by atomic mass is 10.4. The SMILES string of the molecule is O=S(=O)(NCC(F)(F)F)c1ccc(Br)c(Cl)c1Cl. The zero-order chi connectivity index (χ0) is 14.1. The van der Waals surface area contributed by atoms with Crippen LogP contribution >= 0.6 is 39.1 Å². The minimum Gasteiger partial charge on any atom is -0.207 e. The molecule has 1 aromatic carbocycles. The van der Waals surface area contributed by atoms with Gasteiger partial charge in [-0.1, -0.05) is 23.2 Å². The highest BCUT2D eigenvalue weighted by Gasteiger charge is 2.31. The number of benzene rings is 1. The first-order valence-electron chi connectivity index (χ1n) is 4.24. The fourth-order valence-electron chi connectivity index (χ4n) is 0.970. The maximum Gasteiger partial charge on any atom is 0.402 e. The normalized spacial score (nSPS) is 12.8. The van der Waals surface area contributed by atoms with Gasteiger partial charge in [-0.05, 0) is 28.1 Å². The van der Waals surface area contributed by atoms with Gasteiger partial charge in [0.1, 0.15) is 11.4 Å². The van der Waals surface area contributed by atoms with E-state index in [0.717, 1.165) is 6.07 Å². The van der Waals surface area contributed by atoms with Gasteiger partial charge >= 0.3 is 6.18 Å². The van der Waals surface area contributed by atoms with E-state index in [0.29, 0.717) is 4.47 Å². The zero-order valence-electron chi connectivity index (χ0n) is 8.35. The number of alkyl halides is 3. The second kappa shape index (κ2) is 5.54. The van der Waals surface area contributed by atoms with Crippen molar-refractivity contribution in [2.24, 2.45) is 0 Å². The molecule has 1 aromatic rings. The van der Waals surface area contributed by atoms with Crippen LogP contribution in [0.4, 0.5) is 13.2 Å². The summed E-state index contributed by atoms with van der Waals surface area (Å²) < 4.78 is 60.8. The van der Waals surface area contributed by atoms with Gasteiger partial charge in [-0.3, -0.25) is 0 Å². The average molecular weight is 387 g/mol. The molecule has 0 aromatic heterocycles. The first-order chi connectivity index (χ1) is 8.04. The van der Waals surface area contributed by atoms with Crippen LogP contribution in [-0.2, 0) is 10.0 Å². The molecule has 0 spiro atoms. The van der Waals surface area contributed by atoms with Crippen molar-refractivity contribution in [3.63, 3.8) is 0 Å². The Morgan fingerprint density at radius 2 is 1.78 bits per heavy atom. The second-order valence-corrected chi connectivity index (χ2v) is 6.46. The molecule has 0 aliphatic heterocycles. The van der Waals surface area contributed by atoms with Crippen molar-refractivity contribution in [2.75, 3.05) is 6.54 Å². The van der Waals surface area contributed by atoms with Gasteiger partial charge in [0.05, 0.1) is 10.0 Å². The largest absolute Gasteiger partial charge is 0.402 e. The van der Waals surface area contributed by atoms with Gasteiger partial charge in [0.25, 0.3) is 0 Å². The zero-order valence-corrected chi connectivity index (χ0v) is 12.3. The molecule has 0 saturated heterocycles. The Hall–Kier alpha value is -0.0200. The summed E-state index contributed by atoms with van der Waals surface area (Å²) in [6.07, 6.45) is -4.65. The molecule has 10 heteroatoms. The Balaban J connectivity index is 3.11. The third-order valence-corrected chi connectivity index (χ3v) is 5.08. The Bertz CT molecular complexity index is 562. The fourth-order valence-corrected chi connectivity index (χ4v) is 3.20. The van der Waals surface area contributed by atoms with Crippen LogP contribution in [0.2, 0.25) is 10.0 Å². The first kappa shape index (κ1) is 16.0. The van der Waals surface area contributed by atoms with Gasteiger partial charge in [-0.2, -0.15) is 13.2 Å². The van der Waals surface area contributed by atoms with Crippen molar-refractivity contribution >= 4 is 49.2 Å². The molecule has 0 aliphatic carbocycles. The summed E-state index contributed by atoms with van der Waals surface area (Å²) >= 11 is 14.4. The highest BCUT2D eigenvalue weighted by molar-refractivity contribution is 9.10. The first-order valence-corrected chi connectivity index (χ1v) is 7.28. The molecule has 3 nitrogen and oxygen atoms in total. The Morgan fingerprint density at radius 3 is 2.28 bits per heavy atom. The molecule has 0 bridgehead atoms. The highest BCUT2D eigenvalue weighted by atomic mass is 79.9. The van der Waals surface area contributed by atoms with Crippen LogP contribution in [0.3, 0.4) is 0 Å². The van der Waals surface area contributed by atoms with Crippen LogP contribution in [0.15, 0.2) is 21.5 Å². The Kier molecular flexibility index (Phi) is 4.93. The van der Waals surface area contributed by atoms with Gasteiger partial charge in [0.15, 0.2) is 0 Å². The molecule has 0 aliphatic rings. The summed E-state index contributed by atoms with van der Waals surface area (Å²) in [6.45, 7) is -1.68. The third-order valence-electron chi connectivity index (χ3n) is 1.75. The molecule has 18 heavy (non-hydrogen) atoms. The summed E-state index contributed by atoms with van der Waals surface area (Å²) in [6, 6.07) is 2.33. The third kappa shape index (κ3) is 3.99. The molecule has 0 saturated carbocycles. The predicted molar refractivity (Wildman–Crippen MR) is 65.4 cm³/mol. The van der Waals surface area contributed by atoms with E-state index >= 15 is 0 Å². The summed E-state index contributed by atoms with van der Waals surface area (Å²) in [5.74, 6) is 0. The van der Waals surface area contributed by atoms with E-state index in [9.17, 15) is 21.6 Å². The molecule has 1 N–H and O–H groups in total. The number of rotatable bonds is 3. The average Bonchev–Trinajstić information content (AvgIpc) is 2.22. The number of hydrogen-bond acceptors (Lipinski definition) is 2. The number of nitrogens with one attached hydrogen (secondary N) is 1. The smallest absolute Gasteiger partial charge is 0.207 e. The minimum atomic E-state index is -4.65. The predicted octanol–water partition coefficient (Wildman–Crippen LogP) is 3.60. The van der Waals surface area contributed by atoms with Crippen LogP contribution in [-0.4, -0.2) is 21.1 Å². The van der Waals surface area contributed by atoms with Crippen molar-refractivity contribution in [3.05, 3.63) is 26.7 Å². The van der Waals surface area contributed by atoms with E-state index in [-0.39, 0.29) is 10.0 Å². The van der Waals surface area contributed by atoms with Gasteiger partial charge in [0.2, 0.25) is 10.0 Å². The highest BCUT2D eigenvalue weighted by Crippen LogP contribution is 2.35. The fraction of sp³-hybridized carbons (Fsp3) is 0.250. The van der Waals surface area contributed by atoms with Crippen molar-refractivity contribution < 1.29 is 21.6 Å². The molecule has 0 radical (unpaired) electrons. The minimum absolute atomic E-state index is 0.0912. The molecule has 0 heterocycles. The molecule has 0 fully saturated rings. The van der Waals surface area contributed by atoms with Gasteiger partial charge in [-0.25, -0.2) is 13.1 Å². The van der Waals surface area contributed by atoms with Crippen molar-refractivity contribution in [3.8, 4) is 0 Å². The monoisotopic (exact) mass is 385 g/mol. The van der Waals surface area contributed by atoms with Gasteiger partial charge < -0.3 is 0 Å². The van der Waals surface area contributed by atoms with Crippen molar-refractivity contribution in [1.82, 2.24) is 4.72 Å². The summed E-state index contributed by atoms with van der Waals surface area (Å²) in [5, 5.41) is -0.438. The number of sulfonamides is 1. The maximum absolute atomic E-state index is 12.0. The van der Waals surface area contributed by atoms with E-state index in [2.05, 4.69) is 15.9 Å². The van der Waals surface area contributed by atoms with Crippen LogP contribution in [0.25, 0.3) is 0 Å². The quantitative estimate of drug-likeness (QED) is 0.807. The van der Waals surface area contributed by atoms with E-state index in [4.69, 9.17) is 23.2 Å². The molecule has 0 amide bonds. The van der Waals surface area contributed by atoms with Gasteiger partial charge in [0, 0.05) is 4.47 Å². The molecule has 102 valence electrons. The summed E-state index contributed by atoms with van der Waals surface area (Å²) in [5.41, 5.74) is 0. The lowest BCUT2D eigenvalue weighted by Crippen LogP contribution is -2.33. The topological polar surface area (TPSA) is 46.2 Å². The van der Waals surface area contributed by atoms with Crippen molar-refractivity contribution in [2.45, 2.75) is 11.1 Å². The Morgan fingerprint density at radius 1 is 1.22 bits per heavy atom. The molecule has 1 rings (SSSR count). The standard InChI is InChI=1S/C8H5BrCl2F3NO2S/c9-4-1-2-5(7(11)6(4)10)18(16,17)15-3-8(12,13)14/h1-2,15H,3H2.